The van der Waals surface area contributed by atoms with Gasteiger partial charge in [-0.3, -0.25) is 9.69 Å². The summed E-state index contributed by atoms with van der Waals surface area (Å²) in [5, 5.41) is 3.03. The van der Waals surface area contributed by atoms with Crippen molar-refractivity contribution in [1.29, 1.82) is 0 Å². The van der Waals surface area contributed by atoms with Crippen molar-refractivity contribution < 1.29 is 13.9 Å². The van der Waals surface area contributed by atoms with Crippen molar-refractivity contribution >= 4 is 17.2 Å². The number of nitrogens with zero attached hydrogens (tertiary/aromatic N) is 3. The molecule has 1 amide bonds. The molecule has 4 aromatic rings. The highest BCUT2D eigenvalue weighted by Gasteiger charge is 2.23. The van der Waals surface area contributed by atoms with E-state index in [0.717, 1.165) is 41.6 Å². The Hall–Kier alpha value is -3.55. The second-order valence-electron chi connectivity index (χ2n) is 8.14. The Morgan fingerprint density at radius 2 is 1.56 bits per heavy atom. The Bertz CT molecular complexity index is 1240. The summed E-state index contributed by atoms with van der Waals surface area (Å²) in [5.74, 6) is 1.26. The van der Waals surface area contributed by atoms with E-state index < -0.39 is 0 Å². The molecular formula is C27H24FN3O2S. The lowest BCUT2D eigenvalue weighted by Crippen LogP contribution is -2.48. The van der Waals surface area contributed by atoms with E-state index in [-0.39, 0.29) is 11.7 Å². The number of para-hydroxylation sites is 1. The van der Waals surface area contributed by atoms with E-state index in [2.05, 4.69) is 4.90 Å². The van der Waals surface area contributed by atoms with Crippen LogP contribution in [-0.4, -0.2) is 46.9 Å². The van der Waals surface area contributed by atoms with Gasteiger partial charge in [-0.05, 0) is 60.7 Å². The third-order valence-corrected chi connectivity index (χ3v) is 6.62. The molecule has 3 aromatic carbocycles. The van der Waals surface area contributed by atoms with Gasteiger partial charge in [-0.15, -0.1) is 11.3 Å². The van der Waals surface area contributed by atoms with Crippen molar-refractivity contribution in [2.45, 2.75) is 6.54 Å². The lowest BCUT2D eigenvalue weighted by atomic mass is 10.1. The van der Waals surface area contributed by atoms with Crippen LogP contribution in [0.25, 0.3) is 11.3 Å². The zero-order valence-corrected chi connectivity index (χ0v) is 19.4. The molecule has 0 N–H and O–H groups in total. The molecule has 0 bridgehead atoms. The van der Waals surface area contributed by atoms with Crippen LogP contribution in [0.2, 0.25) is 0 Å². The standard InChI is InChI=1S/C27H24FN3O2S/c28-22-10-6-20(7-11-22)25-19-34-26(29-25)18-30-14-16-31(17-15-30)27(32)21-8-12-24(13-9-21)33-23-4-2-1-3-5-23/h1-13,19H,14-18H2. The molecule has 1 aliphatic heterocycles. The first-order valence-corrected chi connectivity index (χ1v) is 12.1. The Kier molecular flexibility index (Phi) is 6.65. The van der Waals surface area contributed by atoms with Gasteiger partial charge >= 0.3 is 0 Å². The fraction of sp³-hybridized carbons (Fsp3) is 0.185. The maximum absolute atomic E-state index is 13.2. The average Bonchev–Trinajstić information content (AvgIpc) is 3.34. The maximum atomic E-state index is 13.2. The topological polar surface area (TPSA) is 45.7 Å². The second-order valence-corrected chi connectivity index (χ2v) is 9.08. The largest absolute Gasteiger partial charge is 0.457 e. The molecule has 5 nitrogen and oxygen atoms in total. The molecule has 0 unspecified atom stereocenters. The van der Waals surface area contributed by atoms with E-state index in [1.165, 1.54) is 12.1 Å². The number of hydrogen-bond donors (Lipinski definition) is 0. The Labute approximate surface area is 202 Å². The molecule has 7 heteroatoms. The summed E-state index contributed by atoms with van der Waals surface area (Å²) in [7, 11) is 0. The highest BCUT2D eigenvalue weighted by Crippen LogP contribution is 2.24. The lowest BCUT2D eigenvalue weighted by Gasteiger charge is -2.34. The molecule has 0 radical (unpaired) electrons. The van der Waals surface area contributed by atoms with Crippen LogP contribution < -0.4 is 4.74 Å². The summed E-state index contributed by atoms with van der Waals surface area (Å²) < 4.78 is 19.0. The molecule has 34 heavy (non-hydrogen) atoms. The van der Waals surface area contributed by atoms with Crippen LogP contribution in [0.4, 0.5) is 4.39 Å². The van der Waals surface area contributed by atoms with Gasteiger partial charge in [-0.25, -0.2) is 9.37 Å². The van der Waals surface area contributed by atoms with Gasteiger partial charge in [0.15, 0.2) is 0 Å². The molecular weight excluding hydrogens is 449 g/mol. The van der Waals surface area contributed by atoms with Crippen molar-refractivity contribution in [3.8, 4) is 22.8 Å². The number of rotatable bonds is 6. The number of amides is 1. The number of benzene rings is 3. The average molecular weight is 474 g/mol. The van der Waals surface area contributed by atoms with E-state index in [1.807, 2.05) is 64.9 Å². The van der Waals surface area contributed by atoms with Crippen molar-refractivity contribution in [2.24, 2.45) is 0 Å². The van der Waals surface area contributed by atoms with E-state index in [4.69, 9.17) is 9.72 Å². The summed E-state index contributed by atoms with van der Waals surface area (Å²) in [6, 6.07) is 23.3. The number of hydrogen-bond acceptors (Lipinski definition) is 5. The number of thiazole rings is 1. The first-order chi connectivity index (χ1) is 16.6. The predicted octanol–water partition coefficient (Wildman–Crippen LogP) is 5.70. The zero-order chi connectivity index (χ0) is 23.3. The summed E-state index contributed by atoms with van der Waals surface area (Å²) >= 11 is 1.61. The van der Waals surface area contributed by atoms with Gasteiger partial charge in [-0.2, -0.15) is 0 Å². The molecule has 0 saturated carbocycles. The predicted molar refractivity (Wildman–Crippen MR) is 132 cm³/mol. The molecule has 1 aromatic heterocycles. The molecule has 0 aliphatic carbocycles. The minimum atomic E-state index is -0.247. The maximum Gasteiger partial charge on any atom is 0.253 e. The van der Waals surface area contributed by atoms with Gasteiger partial charge < -0.3 is 9.64 Å². The summed E-state index contributed by atoms with van der Waals surface area (Å²) in [6.07, 6.45) is 0. The minimum Gasteiger partial charge on any atom is -0.457 e. The van der Waals surface area contributed by atoms with Crippen molar-refractivity contribution in [3.05, 3.63) is 101 Å². The number of carbonyl (C=O) groups excluding carboxylic acids is 1. The number of piperazine rings is 1. The first kappa shape index (κ1) is 22.3. The van der Waals surface area contributed by atoms with Gasteiger partial charge in [0.2, 0.25) is 0 Å². The fourth-order valence-corrected chi connectivity index (χ4v) is 4.75. The summed E-state index contributed by atoms with van der Waals surface area (Å²) in [5.41, 5.74) is 2.45. The van der Waals surface area contributed by atoms with Crippen LogP contribution in [0.3, 0.4) is 0 Å². The molecule has 0 spiro atoms. The van der Waals surface area contributed by atoms with Crippen LogP contribution in [0.1, 0.15) is 15.4 Å². The summed E-state index contributed by atoms with van der Waals surface area (Å²) in [4.78, 5) is 21.9. The molecule has 1 saturated heterocycles. The van der Waals surface area contributed by atoms with Crippen LogP contribution in [0.5, 0.6) is 11.5 Å². The van der Waals surface area contributed by atoms with Crippen molar-refractivity contribution in [2.75, 3.05) is 26.2 Å². The van der Waals surface area contributed by atoms with Crippen LogP contribution >= 0.6 is 11.3 Å². The SMILES string of the molecule is O=C(c1ccc(Oc2ccccc2)cc1)N1CCN(Cc2nc(-c3ccc(F)cc3)cs2)CC1. The highest BCUT2D eigenvalue weighted by molar-refractivity contribution is 7.09. The minimum absolute atomic E-state index is 0.0405. The molecule has 5 rings (SSSR count). The van der Waals surface area contributed by atoms with Gasteiger partial charge in [0.1, 0.15) is 22.3 Å². The molecule has 172 valence electrons. The van der Waals surface area contributed by atoms with Gasteiger partial charge in [0.05, 0.1) is 12.2 Å². The molecule has 1 aliphatic rings. The zero-order valence-electron chi connectivity index (χ0n) is 18.6. The smallest absolute Gasteiger partial charge is 0.253 e. The van der Waals surface area contributed by atoms with E-state index in [9.17, 15) is 9.18 Å². The lowest BCUT2D eigenvalue weighted by molar-refractivity contribution is 0.0628. The van der Waals surface area contributed by atoms with Gasteiger partial charge in [0, 0.05) is 42.7 Å². The number of carbonyl (C=O) groups is 1. The van der Waals surface area contributed by atoms with Crippen LogP contribution in [0.15, 0.2) is 84.2 Å². The number of ether oxygens (including phenoxy) is 1. The van der Waals surface area contributed by atoms with Crippen LogP contribution in [-0.2, 0) is 6.54 Å². The van der Waals surface area contributed by atoms with E-state index >= 15 is 0 Å². The molecule has 2 heterocycles. The fourth-order valence-electron chi connectivity index (χ4n) is 3.91. The van der Waals surface area contributed by atoms with Gasteiger partial charge in [-0.1, -0.05) is 18.2 Å². The Morgan fingerprint density at radius 1 is 0.882 bits per heavy atom. The first-order valence-electron chi connectivity index (χ1n) is 11.2. The van der Waals surface area contributed by atoms with Crippen molar-refractivity contribution in [3.63, 3.8) is 0 Å². The number of aromatic nitrogens is 1. The Balaban J connectivity index is 1.13. The van der Waals surface area contributed by atoms with Crippen molar-refractivity contribution in [1.82, 2.24) is 14.8 Å². The molecule has 1 fully saturated rings. The third-order valence-electron chi connectivity index (χ3n) is 5.79. The monoisotopic (exact) mass is 473 g/mol. The van der Waals surface area contributed by atoms with E-state index in [0.29, 0.717) is 24.4 Å². The summed E-state index contributed by atoms with van der Waals surface area (Å²) in [6.45, 7) is 3.70. The van der Waals surface area contributed by atoms with Crippen LogP contribution in [0, 0.1) is 5.82 Å². The highest BCUT2D eigenvalue weighted by atomic mass is 32.1. The normalized spacial score (nSPS) is 14.2. The van der Waals surface area contributed by atoms with Gasteiger partial charge in [0.25, 0.3) is 5.91 Å². The number of halogens is 1. The Morgan fingerprint density at radius 3 is 2.26 bits per heavy atom. The quantitative estimate of drug-likeness (QED) is 0.360. The molecule has 0 atom stereocenters. The van der Waals surface area contributed by atoms with E-state index in [1.54, 1.807) is 23.5 Å². The third kappa shape index (κ3) is 5.32. The second kappa shape index (κ2) is 10.2.